The molecule has 0 radical (unpaired) electrons. The molecular formula is C18H17BrN6O2S. The number of nitrogens with zero attached hydrogens (tertiary/aromatic N) is 4. The molecule has 4 rings (SSSR count). The third-order valence-corrected chi connectivity index (χ3v) is 6.13. The van der Waals surface area contributed by atoms with Crippen LogP contribution in [0.1, 0.15) is 6.92 Å². The van der Waals surface area contributed by atoms with Gasteiger partial charge in [0.2, 0.25) is 0 Å². The number of anilines is 1. The maximum absolute atomic E-state index is 12.8. The van der Waals surface area contributed by atoms with Crippen molar-refractivity contribution in [2.75, 3.05) is 11.6 Å². The summed E-state index contributed by atoms with van der Waals surface area (Å²) < 4.78 is 26.5. The second kappa shape index (κ2) is 7.47. The highest BCUT2D eigenvalue weighted by atomic mass is 79.9. The molecule has 0 spiro atoms. The number of nitrogens with one attached hydrogen (secondary N) is 2. The van der Waals surface area contributed by atoms with Crippen LogP contribution in [-0.4, -0.2) is 35.5 Å². The van der Waals surface area contributed by atoms with Crippen molar-refractivity contribution < 1.29 is 8.42 Å². The van der Waals surface area contributed by atoms with Crippen LogP contribution < -0.4 is 9.84 Å². The number of benzene rings is 2. The number of sulfonamides is 1. The summed E-state index contributed by atoms with van der Waals surface area (Å²) in [5.41, 5.74) is 2.31. The Morgan fingerprint density at radius 2 is 1.79 bits per heavy atom. The van der Waals surface area contributed by atoms with Gasteiger partial charge in [-0.05, 0) is 37.3 Å². The largest absolute Gasteiger partial charge is 0.254 e. The van der Waals surface area contributed by atoms with Crippen LogP contribution in [0.15, 0.2) is 75.7 Å². The molecule has 0 unspecified atom stereocenters. The summed E-state index contributed by atoms with van der Waals surface area (Å²) in [4.78, 5) is 2.81. The third kappa shape index (κ3) is 3.59. The van der Waals surface area contributed by atoms with Crippen LogP contribution in [0.4, 0.5) is 5.82 Å². The number of halogens is 1. The quantitative estimate of drug-likeness (QED) is 0.607. The summed E-state index contributed by atoms with van der Waals surface area (Å²) in [5, 5.41) is 14.4. The molecule has 28 heavy (non-hydrogen) atoms. The van der Waals surface area contributed by atoms with Crippen molar-refractivity contribution in [2.45, 2.75) is 11.8 Å². The molecule has 1 aliphatic rings. The second-order valence-corrected chi connectivity index (χ2v) is 8.73. The first kappa shape index (κ1) is 18.8. The Labute approximate surface area is 171 Å². The van der Waals surface area contributed by atoms with E-state index in [2.05, 4.69) is 36.2 Å². The molecule has 0 saturated carbocycles. The van der Waals surface area contributed by atoms with Gasteiger partial charge in [-0.25, -0.2) is 13.4 Å². The first-order valence-corrected chi connectivity index (χ1v) is 10.7. The van der Waals surface area contributed by atoms with Crippen molar-refractivity contribution in [3.63, 3.8) is 0 Å². The van der Waals surface area contributed by atoms with E-state index < -0.39 is 10.0 Å². The van der Waals surface area contributed by atoms with E-state index in [1.165, 1.54) is 5.12 Å². The fraction of sp³-hybridized carbons (Fsp3) is 0.111. The zero-order valence-corrected chi connectivity index (χ0v) is 17.3. The van der Waals surface area contributed by atoms with Crippen LogP contribution in [0.2, 0.25) is 0 Å². The van der Waals surface area contributed by atoms with Gasteiger partial charge in [0.05, 0.1) is 11.4 Å². The van der Waals surface area contributed by atoms with E-state index in [0.717, 1.165) is 15.7 Å². The summed E-state index contributed by atoms with van der Waals surface area (Å²) in [6.45, 7) is 2.25. The van der Waals surface area contributed by atoms with Gasteiger partial charge < -0.3 is 0 Å². The maximum Gasteiger partial charge on any atom is 0.254 e. The van der Waals surface area contributed by atoms with Crippen molar-refractivity contribution in [1.29, 1.82) is 0 Å². The highest BCUT2D eigenvalue weighted by molar-refractivity contribution is 9.10. The Balaban J connectivity index is 1.67. The molecule has 0 aliphatic carbocycles. The molecule has 1 aromatic heterocycles. The minimum Gasteiger partial charge on any atom is -0.243 e. The number of hydrogen-bond acceptors (Lipinski definition) is 6. The van der Waals surface area contributed by atoms with Crippen molar-refractivity contribution in [3.05, 3.63) is 70.8 Å². The molecule has 1 aliphatic heterocycles. The van der Waals surface area contributed by atoms with Crippen LogP contribution in [0.3, 0.4) is 0 Å². The first-order chi connectivity index (χ1) is 13.5. The number of allylic oxidation sites excluding steroid dienone is 1. The van der Waals surface area contributed by atoms with Gasteiger partial charge in [0, 0.05) is 15.7 Å². The van der Waals surface area contributed by atoms with Gasteiger partial charge in [-0.15, -0.1) is 15.0 Å². The molecule has 10 heteroatoms. The van der Waals surface area contributed by atoms with Gasteiger partial charge in [0.1, 0.15) is 5.69 Å². The standard InChI is InChI=1S/C18H17BrN6O2S/c1-13-11-12-24(23-28(26,27)16-5-3-2-4-6-16)25(13)18-17(20-22-21-18)14-7-9-15(19)10-8-14/h2-11,23H,12H2,1H3,(H,20,21,22). The zero-order chi connectivity index (χ0) is 19.7. The Bertz CT molecular complexity index is 1110. The van der Waals surface area contributed by atoms with E-state index in [0.29, 0.717) is 18.1 Å². The lowest BCUT2D eigenvalue weighted by Crippen LogP contribution is -2.49. The van der Waals surface area contributed by atoms with E-state index in [1.807, 2.05) is 37.3 Å². The van der Waals surface area contributed by atoms with Crippen LogP contribution in [0.5, 0.6) is 0 Å². The lowest BCUT2D eigenvalue weighted by atomic mass is 10.1. The molecule has 0 amide bonds. The van der Waals surface area contributed by atoms with Crippen LogP contribution in [0.25, 0.3) is 11.3 Å². The number of aromatic amines is 1. The second-order valence-electron chi connectivity index (χ2n) is 6.15. The summed E-state index contributed by atoms with van der Waals surface area (Å²) in [6, 6.07) is 15.9. The van der Waals surface area contributed by atoms with Gasteiger partial charge in [-0.3, -0.25) is 0 Å². The lowest BCUT2D eigenvalue weighted by molar-refractivity contribution is 0.278. The van der Waals surface area contributed by atoms with Crippen molar-refractivity contribution in [2.24, 2.45) is 0 Å². The minimum atomic E-state index is -3.74. The number of H-pyrrole nitrogens is 1. The van der Waals surface area contributed by atoms with Crippen molar-refractivity contribution >= 4 is 31.8 Å². The van der Waals surface area contributed by atoms with E-state index in [4.69, 9.17) is 0 Å². The summed E-state index contributed by atoms with van der Waals surface area (Å²) in [6.07, 6.45) is 1.91. The van der Waals surface area contributed by atoms with Gasteiger partial charge >= 0.3 is 0 Å². The van der Waals surface area contributed by atoms with Gasteiger partial charge in [0.15, 0.2) is 5.82 Å². The molecule has 0 atom stereocenters. The fourth-order valence-corrected chi connectivity index (χ4v) is 4.22. The van der Waals surface area contributed by atoms with Gasteiger partial charge in [-0.1, -0.05) is 46.3 Å². The van der Waals surface area contributed by atoms with E-state index >= 15 is 0 Å². The smallest absolute Gasteiger partial charge is 0.243 e. The Kier molecular flexibility index (Phi) is 5.02. The van der Waals surface area contributed by atoms with Crippen molar-refractivity contribution in [3.8, 4) is 11.3 Å². The molecule has 3 aromatic rings. The Morgan fingerprint density at radius 3 is 2.50 bits per heavy atom. The van der Waals surface area contributed by atoms with Crippen LogP contribution in [-0.2, 0) is 10.0 Å². The number of hydrazine groups is 2. The lowest BCUT2D eigenvalue weighted by Gasteiger charge is -2.29. The van der Waals surface area contributed by atoms with E-state index in [-0.39, 0.29) is 4.90 Å². The normalized spacial score (nSPS) is 15.1. The molecular weight excluding hydrogens is 444 g/mol. The minimum absolute atomic E-state index is 0.188. The molecule has 0 bridgehead atoms. The maximum atomic E-state index is 12.8. The average molecular weight is 461 g/mol. The summed E-state index contributed by atoms with van der Waals surface area (Å²) in [5.74, 6) is 0.504. The van der Waals surface area contributed by atoms with Gasteiger partial charge in [-0.2, -0.15) is 10.3 Å². The molecule has 0 saturated heterocycles. The average Bonchev–Trinajstić information content (AvgIpc) is 3.29. The molecule has 2 aromatic carbocycles. The highest BCUT2D eigenvalue weighted by Gasteiger charge is 2.31. The zero-order valence-electron chi connectivity index (χ0n) is 14.9. The molecule has 144 valence electrons. The molecule has 2 N–H and O–H groups in total. The van der Waals surface area contributed by atoms with E-state index in [9.17, 15) is 8.42 Å². The van der Waals surface area contributed by atoms with Crippen LogP contribution in [0, 0.1) is 0 Å². The summed E-state index contributed by atoms with van der Waals surface area (Å²) >= 11 is 3.42. The Hall–Kier alpha value is -2.53. The number of aromatic nitrogens is 3. The molecule has 0 fully saturated rings. The molecule has 2 heterocycles. The highest BCUT2D eigenvalue weighted by Crippen LogP contribution is 2.32. The monoisotopic (exact) mass is 460 g/mol. The van der Waals surface area contributed by atoms with E-state index in [1.54, 1.807) is 35.3 Å². The third-order valence-electron chi connectivity index (χ3n) is 4.26. The SMILES string of the molecule is CC1=CCN(NS(=O)(=O)c2ccccc2)N1c1n[nH]nc1-c1ccc(Br)cc1. The Morgan fingerprint density at radius 1 is 1.07 bits per heavy atom. The van der Waals surface area contributed by atoms with Crippen molar-refractivity contribution in [1.82, 2.24) is 25.4 Å². The molecule has 8 nitrogen and oxygen atoms in total. The fourth-order valence-electron chi connectivity index (χ4n) is 2.90. The summed E-state index contributed by atoms with van der Waals surface area (Å²) in [7, 11) is -3.74. The van der Waals surface area contributed by atoms with Gasteiger partial charge in [0.25, 0.3) is 10.0 Å². The number of hydrogen-bond donors (Lipinski definition) is 2. The topological polar surface area (TPSA) is 94.2 Å². The first-order valence-electron chi connectivity index (χ1n) is 8.44. The number of rotatable bonds is 5. The predicted octanol–water partition coefficient (Wildman–Crippen LogP) is 3.07. The predicted molar refractivity (Wildman–Crippen MR) is 109 cm³/mol. The van der Waals surface area contributed by atoms with Crippen LogP contribution >= 0.6 is 15.9 Å².